The normalized spacial score (nSPS) is 49.1. The third-order valence-electron chi connectivity index (χ3n) is 24.6. The fraction of sp³-hybridized carbons (Fsp3) is 0.933. The summed E-state index contributed by atoms with van der Waals surface area (Å²) in [6, 6.07) is -1.88. The number of ketones is 2. The first-order chi connectivity index (χ1) is 48.0. The van der Waals surface area contributed by atoms with Gasteiger partial charge in [0.1, 0.15) is 59.4 Å². The zero-order valence-corrected chi connectivity index (χ0v) is 66.5. The van der Waals surface area contributed by atoms with Crippen LogP contribution >= 0.6 is 0 Å². The van der Waals surface area contributed by atoms with Crippen LogP contribution in [-0.2, 0) is 85.6 Å². The molecule has 36 atom stereocenters. The number of hydrogen-bond donors (Lipinski definition) is 9. The molecule has 6 rings (SSSR count). The summed E-state index contributed by atoms with van der Waals surface area (Å²) in [5.74, 6) is -11.9. The number of carbonyl (C=O) groups is 5. The number of aliphatic hydroxyl groups excluding tert-OH is 6. The largest absolute Gasteiger partial charge is 0.459 e. The lowest BCUT2D eigenvalue weighted by Crippen LogP contribution is -2.63. The Kier molecular flexibility index (Phi) is 30.7. The fourth-order valence-corrected chi connectivity index (χ4v) is 17.4. The number of nitrogens with zero attached hydrogens (tertiary/aromatic N) is 2. The molecular weight excluding hydrogens is 1360 g/mol. The van der Waals surface area contributed by atoms with Crippen LogP contribution in [0.4, 0.5) is 0 Å². The summed E-state index contributed by atoms with van der Waals surface area (Å²) in [6.45, 7) is 31.6. The molecule has 0 aromatic rings. The van der Waals surface area contributed by atoms with Gasteiger partial charge in [0.15, 0.2) is 25.2 Å². The topological polar surface area (TPSA) is 394 Å². The lowest BCUT2D eigenvalue weighted by molar-refractivity contribution is -0.319. The van der Waals surface area contributed by atoms with Gasteiger partial charge in [0.05, 0.1) is 108 Å². The Bertz CT molecular complexity index is 2840. The molecule has 6 saturated heterocycles. The van der Waals surface area contributed by atoms with Crippen LogP contribution in [0.3, 0.4) is 0 Å². The van der Waals surface area contributed by atoms with Crippen LogP contribution < -0.4 is 0 Å². The van der Waals surface area contributed by atoms with Gasteiger partial charge < -0.3 is 112 Å². The van der Waals surface area contributed by atoms with E-state index in [9.17, 15) is 69.9 Å². The molecule has 6 fully saturated rings. The number of ether oxygens (including phenoxy) is 13. The summed E-state index contributed by atoms with van der Waals surface area (Å²) in [6.07, 6.45) is -24.9. The van der Waals surface area contributed by atoms with E-state index in [2.05, 4.69) is 0 Å². The molecule has 29 heteroatoms. The van der Waals surface area contributed by atoms with Crippen molar-refractivity contribution >= 4 is 29.4 Å². The Hall–Kier alpha value is -3.09. The third kappa shape index (κ3) is 19.3. The van der Waals surface area contributed by atoms with Crippen LogP contribution in [0.5, 0.6) is 0 Å². The van der Waals surface area contributed by atoms with Gasteiger partial charge in [0, 0.05) is 82.8 Å². The maximum absolute atomic E-state index is 15.0. The Labute approximate surface area is 616 Å². The molecule has 6 aliphatic rings. The average molecular weight is 1490 g/mol. The zero-order valence-electron chi connectivity index (χ0n) is 66.5. The summed E-state index contributed by atoms with van der Waals surface area (Å²) in [5, 5.41) is 108. The van der Waals surface area contributed by atoms with E-state index in [0.717, 1.165) is 0 Å². The van der Waals surface area contributed by atoms with Crippen molar-refractivity contribution in [3.05, 3.63) is 0 Å². The molecule has 6 heterocycles. The number of rotatable bonds is 17. The van der Waals surface area contributed by atoms with E-state index in [-0.39, 0.29) is 57.9 Å². The second kappa shape index (κ2) is 35.5. The van der Waals surface area contributed by atoms with Gasteiger partial charge in [0.25, 0.3) is 0 Å². The standard InChI is InChI=1S/C75H132N2O27/c1-26-49-74(19,90)60(83)39(7)54(79)35(3)30-70(15,89)64(41(9)58(43(11)66(87)99-49)101-52-32-71(16,92-23)62(85)45(13)97-52)103-68-56(81)47(28-37(5)95-68)76(21)34-51(78)77(22)48-29-38(6)96-69(57(48)82)104-65-42(10)59(102-53-33-72(17,93-24)63(86)46(14)98-53)44(12)67(88)100-50(27-2)75(20,91)61(84)40(8)55(80)36(4)31-73(65,18)94-25/h35-50,52-53,56-65,68-69,81-86,89-91H,26-34H2,1-25H3/t35-,36-,37-,38-,39+,40+,41+,42+,43-,44-,45+,46+,47+,48+,49-,50-,52+,53+,56-,57-,58+,59+,60-,61-,62+,63+,64-,65-,68+,69+,70-,71-,72-,73-,74-,75-/m1/s1. The molecule has 604 valence electrons. The molecule has 0 aromatic carbocycles. The van der Waals surface area contributed by atoms with Crippen molar-refractivity contribution in [2.75, 3.05) is 42.0 Å². The van der Waals surface area contributed by atoms with Crippen molar-refractivity contribution in [2.45, 2.75) is 358 Å². The third-order valence-corrected chi connectivity index (χ3v) is 24.6. The van der Waals surface area contributed by atoms with Gasteiger partial charge in [0.2, 0.25) is 5.91 Å². The van der Waals surface area contributed by atoms with Crippen molar-refractivity contribution in [1.82, 2.24) is 9.80 Å². The van der Waals surface area contributed by atoms with Crippen molar-refractivity contribution in [1.29, 1.82) is 0 Å². The molecule has 6 aliphatic heterocycles. The van der Waals surface area contributed by atoms with E-state index in [4.69, 9.17) is 61.6 Å². The highest BCUT2D eigenvalue weighted by atomic mass is 16.7. The summed E-state index contributed by atoms with van der Waals surface area (Å²) < 4.78 is 83.2. The molecule has 9 N–H and O–H groups in total. The Balaban J connectivity index is 1.33. The van der Waals surface area contributed by atoms with Gasteiger partial charge in [-0.15, -0.1) is 0 Å². The monoisotopic (exact) mass is 1490 g/mol. The van der Waals surface area contributed by atoms with Crippen LogP contribution in [0.1, 0.15) is 190 Å². The van der Waals surface area contributed by atoms with Crippen molar-refractivity contribution in [2.24, 2.45) is 47.3 Å². The summed E-state index contributed by atoms with van der Waals surface area (Å²) >= 11 is 0. The molecule has 0 aromatic heterocycles. The van der Waals surface area contributed by atoms with Gasteiger partial charge in [-0.2, -0.15) is 0 Å². The van der Waals surface area contributed by atoms with Crippen LogP contribution in [0.2, 0.25) is 0 Å². The van der Waals surface area contributed by atoms with Gasteiger partial charge in [-0.25, -0.2) is 0 Å². The minimum atomic E-state index is -2.12. The molecule has 29 nitrogen and oxygen atoms in total. The van der Waals surface area contributed by atoms with Crippen molar-refractivity contribution < 1.29 is 132 Å². The number of carbonyl (C=O) groups excluding carboxylic acids is 5. The first-order valence-corrected chi connectivity index (χ1v) is 37.6. The van der Waals surface area contributed by atoms with Crippen molar-refractivity contribution in [3.8, 4) is 0 Å². The highest BCUT2D eigenvalue weighted by Gasteiger charge is 2.58. The van der Waals surface area contributed by atoms with Crippen LogP contribution in [0.25, 0.3) is 0 Å². The van der Waals surface area contributed by atoms with E-state index in [0.29, 0.717) is 0 Å². The number of esters is 2. The number of amides is 1. The average Bonchev–Trinajstić information content (AvgIpc) is 0.777. The quantitative estimate of drug-likeness (QED) is 0.0941. The van der Waals surface area contributed by atoms with E-state index in [1.165, 1.54) is 74.8 Å². The number of likely N-dealkylation sites (N-methyl/N-ethyl adjacent to an activating group) is 2. The minimum absolute atomic E-state index is 0.00195. The predicted octanol–water partition coefficient (Wildman–Crippen LogP) is 3.51. The Morgan fingerprint density at radius 2 is 0.846 bits per heavy atom. The highest BCUT2D eigenvalue weighted by Crippen LogP contribution is 2.45. The number of cyclic esters (lactones) is 2. The maximum Gasteiger partial charge on any atom is 0.311 e. The minimum Gasteiger partial charge on any atom is -0.459 e. The van der Waals surface area contributed by atoms with E-state index in [1.54, 1.807) is 109 Å². The molecule has 0 unspecified atom stereocenters. The van der Waals surface area contributed by atoms with Gasteiger partial charge in [-0.3, -0.25) is 28.9 Å². The highest BCUT2D eigenvalue weighted by molar-refractivity contribution is 5.84. The van der Waals surface area contributed by atoms with E-state index >= 15 is 0 Å². The van der Waals surface area contributed by atoms with Gasteiger partial charge >= 0.3 is 11.9 Å². The zero-order chi connectivity index (χ0) is 78.9. The summed E-state index contributed by atoms with van der Waals surface area (Å²) in [4.78, 5) is 76.3. The molecule has 0 spiro atoms. The predicted molar refractivity (Wildman–Crippen MR) is 375 cm³/mol. The van der Waals surface area contributed by atoms with Crippen LogP contribution in [-0.4, -0.2) is 296 Å². The molecule has 0 aliphatic carbocycles. The number of hydrogen-bond acceptors (Lipinski definition) is 28. The van der Waals surface area contributed by atoms with E-state index < -0.39 is 245 Å². The summed E-state index contributed by atoms with van der Waals surface area (Å²) in [7, 11) is 7.47. The maximum atomic E-state index is 15.0. The molecule has 0 radical (unpaired) electrons. The van der Waals surface area contributed by atoms with Crippen LogP contribution in [0, 0.1) is 47.3 Å². The molecule has 104 heavy (non-hydrogen) atoms. The van der Waals surface area contributed by atoms with Gasteiger partial charge in [-0.1, -0.05) is 55.4 Å². The smallest absolute Gasteiger partial charge is 0.311 e. The van der Waals surface area contributed by atoms with Crippen molar-refractivity contribution in [3.63, 3.8) is 0 Å². The molecule has 1 amide bonds. The van der Waals surface area contributed by atoms with E-state index in [1.807, 2.05) is 0 Å². The first kappa shape index (κ1) is 89.8. The molecular formula is C75H132N2O27. The molecule has 0 bridgehead atoms. The first-order valence-electron chi connectivity index (χ1n) is 37.6. The second-order valence-electron chi connectivity index (χ2n) is 33.1. The Morgan fingerprint density at radius 1 is 0.481 bits per heavy atom. The number of Topliss-reactive ketones (excluding diaryl/α,β-unsaturated/α-hetero) is 2. The number of aliphatic hydroxyl groups is 9. The Morgan fingerprint density at radius 3 is 1.24 bits per heavy atom. The SMILES string of the molecule is CC[C@H]1OC(=O)[C@H](C)[C@@H](O[C@H]2C[C@@](C)(OC)[C@@H](O)[C@H](C)O2)[C@H](C)[C@@H](O[C@@H]2O[C@H](C)C[C@H](N(C)C(=O)CN(C)[C@H]3C[C@@H](C)O[C@@H](O[C@@H]4[C@@H](C)[C@H](O[C@H]5C[C@@](C)(OC)[C@@H](O)[C@H](C)O5)[C@@H](C)C(=O)O[C@H](CC)[C@@](C)(O)[C@H](O)[C@@H](C)C(=O)[C@H](C)C[C@@]4(C)O)[C@@H]3O)[C@H]2O)[C@](C)(OC)C[C@@H](C)C(=O)[C@H](C)[C@@H](O)[C@]1(C)O. The lowest BCUT2D eigenvalue weighted by atomic mass is 9.74. The number of methoxy groups -OCH3 is 3. The summed E-state index contributed by atoms with van der Waals surface area (Å²) in [5.41, 5.74) is -10.1. The fourth-order valence-electron chi connectivity index (χ4n) is 17.4. The second-order valence-corrected chi connectivity index (χ2v) is 33.1. The molecule has 0 saturated carbocycles. The van der Waals surface area contributed by atoms with Crippen LogP contribution in [0.15, 0.2) is 0 Å². The lowest BCUT2D eigenvalue weighted by Gasteiger charge is -2.50. The van der Waals surface area contributed by atoms with Gasteiger partial charge in [-0.05, 0) is 129 Å².